The number of rotatable bonds is 9. The minimum Gasteiger partial charge on any atom is -0.477 e. The lowest BCUT2D eigenvalue weighted by Crippen LogP contribution is -2.46. The maximum absolute atomic E-state index is 12.5. The third-order valence-corrected chi connectivity index (χ3v) is 6.25. The van der Waals surface area contributed by atoms with Gasteiger partial charge in [0.05, 0.1) is 27.8 Å². The molecule has 0 fully saturated rings. The fraction of sp³-hybridized carbons (Fsp3) is 0.591. The minimum atomic E-state index is -0.460. The maximum atomic E-state index is 12.5. The second-order valence-electron chi connectivity index (χ2n) is 8.53. The molecule has 3 atom stereocenters. The van der Waals surface area contributed by atoms with E-state index in [0.717, 1.165) is 23.3 Å². The van der Waals surface area contributed by atoms with Crippen molar-refractivity contribution in [3.8, 4) is 0 Å². The zero-order valence-corrected chi connectivity index (χ0v) is 19.8. The Balaban J connectivity index is 1.91. The van der Waals surface area contributed by atoms with Crippen LogP contribution in [-0.2, 0) is 18.9 Å². The Morgan fingerprint density at radius 3 is 2.57 bits per heavy atom. The summed E-state index contributed by atoms with van der Waals surface area (Å²) < 4.78 is 5.81. The number of nitrogens with zero attached hydrogens (tertiary/aromatic N) is 2. The van der Waals surface area contributed by atoms with Crippen LogP contribution in [0.15, 0.2) is 34.9 Å². The first-order valence-electron chi connectivity index (χ1n) is 10.3. The summed E-state index contributed by atoms with van der Waals surface area (Å²) in [5.41, 5.74) is 1.90. The molecule has 0 bridgehead atoms. The van der Waals surface area contributed by atoms with Crippen LogP contribution in [0, 0.1) is 5.92 Å². The SMILES string of the molecule is CC(=O)C(CC(C)C)N(C)C(=O)CNC(=O)CC1=CPOC2=C1C=CC(N(C)C)C2. The van der Waals surface area contributed by atoms with E-state index in [9.17, 15) is 14.4 Å². The summed E-state index contributed by atoms with van der Waals surface area (Å²) in [6.07, 6.45) is 5.74. The van der Waals surface area contributed by atoms with Crippen LogP contribution in [0.3, 0.4) is 0 Å². The summed E-state index contributed by atoms with van der Waals surface area (Å²) in [4.78, 5) is 40.5. The zero-order valence-electron chi connectivity index (χ0n) is 18.8. The summed E-state index contributed by atoms with van der Waals surface area (Å²) in [7, 11) is 5.87. The summed E-state index contributed by atoms with van der Waals surface area (Å²) in [6, 6.07) is -0.173. The van der Waals surface area contributed by atoms with E-state index in [0.29, 0.717) is 12.3 Å². The highest BCUT2D eigenvalue weighted by Gasteiger charge is 2.27. The van der Waals surface area contributed by atoms with E-state index in [4.69, 9.17) is 4.52 Å². The van der Waals surface area contributed by atoms with E-state index in [1.807, 2.05) is 39.8 Å². The van der Waals surface area contributed by atoms with Gasteiger partial charge in [0.2, 0.25) is 11.8 Å². The molecule has 30 heavy (non-hydrogen) atoms. The van der Waals surface area contributed by atoms with Gasteiger partial charge in [0.15, 0.2) is 5.78 Å². The van der Waals surface area contributed by atoms with Crippen molar-refractivity contribution in [2.75, 3.05) is 27.7 Å². The number of carbonyl (C=O) groups excluding carboxylic acids is 3. The second kappa shape index (κ2) is 10.9. The van der Waals surface area contributed by atoms with E-state index in [1.54, 1.807) is 7.05 Å². The van der Waals surface area contributed by atoms with Gasteiger partial charge >= 0.3 is 0 Å². The lowest BCUT2D eigenvalue weighted by molar-refractivity contribution is -0.138. The van der Waals surface area contributed by atoms with Gasteiger partial charge in [-0.1, -0.05) is 26.0 Å². The topological polar surface area (TPSA) is 79.0 Å². The Hall–Kier alpha value is -1.98. The lowest BCUT2D eigenvalue weighted by Gasteiger charge is -2.30. The van der Waals surface area contributed by atoms with Crippen LogP contribution in [0.2, 0.25) is 0 Å². The normalized spacial score (nSPS) is 20.0. The molecule has 3 unspecified atom stereocenters. The van der Waals surface area contributed by atoms with Crippen molar-refractivity contribution in [3.05, 3.63) is 34.9 Å². The number of hydrogen-bond donors (Lipinski definition) is 1. The third kappa shape index (κ3) is 6.51. The van der Waals surface area contributed by atoms with E-state index < -0.39 is 6.04 Å². The number of ketones is 1. The molecule has 0 aromatic rings. The molecule has 2 amide bonds. The minimum absolute atomic E-state index is 0.0428. The van der Waals surface area contributed by atoms with Gasteiger partial charge in [-0.3, -0.25) is 14.4 Å². The van der Waals surface area contributed by atoms with Crippen molar-refractivity contribution in [2.24, 2.45) is 5.92 Å². The van der Waals surface area contributed by atoms with Gasteiger partial charge < -0.3 is 19.6 Å². The molecule has 1 N–H and O–H groups in total. The molecular weight excluding hydrogens is 401 g/mol. The average molecular weight is 436 g/mol. The van der Waals surface area contributed by atoms with Crippen LogP contribution in [0.5, 0.6) is 0 Å². The molecule has 7 nitrogen and oxygen atoms in total. The number of carbonyl (C=O) groups is 3. The smallest absolute Gasteiger partial charge is 0.242 e. The van der Waals surface area contributed by atoms with E-state index in [-0.39, 0.29) is 45.4 Å². The molecule has 166 valence electrons. The van der Waals surface area contributed by atoms with Gasteiger partial charge in [0.1, 0.15) is 5.76 Å². The molecular formula is C22H34N3O4P. The van der Waals surface area contributed by atoms with Crippen LogP contribution in [0.4, 0.5) is 0 Å². The predicted molar refractivity (Wildman–Crippen MR) is 120 cm³/mol. The van der Waals surface area contributed by atoms with Gasteiger partial charge in [-0.25, -0.2) is 0 Å². The van der Waals surface area contributed by atoms with Crippen LogP contribution < -0.4 is 5.32 Å². The molecule has 2 aliphatic rings. The molecule has 0 saturated carbocycles. The molecule has 8 heteroatoms. The molecule has 0 aromatic carbocycles. The van der Waals surface area contributed by atoms with Gasteiger partial charge in [-0.2, -0.15) is 0 Å². The van der Waals surface area contributed by atoms with Gasteiger partial charge in [-0.05, 0) is 44.7 Å². The fourth-order valence-electron chi connectivity index (χ4n) is 3.55. The molecule has 0 aromatic heterocycles. The number of nitrogens with one attached hydrogen (secondary N) is 1. The van der Waals surface area contributed by atoms with E-state index >= 15 is 0 Å². The van der Waals surface area contributed by atoms with Crippen LogP contribution in [0.25, 0.3) is 0 Å². The summed E-state index contributed by atoms with van der Waals surface area (Å²) in [6.45, 7) is 5.41. The molecule has 0 radical (unpaired) electrons. The van der Waals surface area contributed by atoms with Gasteiger partial charge in [-0.15, -0.1) is 0 Å². The summed E-state index contributed by atoms with van der Waals surface area (Å²) in [5, 5.41) is 2.71. The molecule has 1 aliphatic carbocycles. The fourth-order valence-corrected chi connectivity index (χ4v) is 4.35. The highest BCUT2D eigenvalue weighted by atomic mass is 31.1. The Morgan fingerprint density at radius 2 is 1.97 bits per heavy atom. The summed E-state index contributed by atoms with van der Waals surface area (Å²) >= 11 is 0. The number of allylic oxidation sites excluding steroid dienone is 2. The maximum Gasteiger partial charge on any atom is 0.242 e. The molecule has 0 spiro atoms. The number of likely N-dealkylation sites (N-methyl/N-ethyl adjacent to an activating group) is 2. The first kappa shape index (κ1) is 24.3. The second-order valence-corrected chi connectivity index (χ2v) is 9.26. The quantitative estimate of drug-likeness (QED) is 0.564. The van der Waals surface area contributed by atoms with Crippen molar-refractivity contribution < 1.29 is 18.9 Å². The van der Waals surface area contributed by atoms with Gasteiger partial charge in [0.25, 0.3) is 0 Å². The molecule has 0 saturated heterocycles. The van der Waals surface area contributed by atoms with Crippen molar-refractivity contribution in [1.29, 1.82) is 0 Å². The first-order valence-corrected chi connectivity index (χ1v) is 11.3. The van der Waals surface area contributed by atoms with Crippen molar-refractivity contribution >= 4 is 26.4 Å². The Kier molecular flexibility index (Phi) is 8.80. The van der Waals surface area contributed by atoms with Crippen molar-refractivity contribution in [2.45, 2.75) is 52.1 Å². The molecule has 1 heterocycles. The number of amides is 2. The highest BCUT2D eigenvalue weighted by Crippen LogP contribution is 2.39. The highest BCUT2D eigenvalue weighted by molar-refractivity contribution is 7.36. The first-order chi connectivity index (χ1) is 14.1. The average Bonchev–Trinajstić information content (AvgIpc) is 2.69. The predicted octanol–water partition coefficient (Wildman–Crippen LogP) is 2.61. The number of hydrogen-bond acceptors (Lipinski definition) is 5. The molecule has 1 aliphatic heterocycles. The standard InChI is InChI=1S/C22H34N3O4P/c1-14(2)9-19(15(3)26)25(6)22(28)12-23-21(27)10-16-13-30-29-20-11-17(24(4)5)7-8-18(16)20/h7-8,13-14,17,19,30H,9-12H2,1-6H3,(H,23,27). The van der Waals surface area contributed by atoms with Crippen LogP contribution in [0.1, 0.15) is 40.0 Å². The largest absolute Gasteiger partial charge is 0.477 e. The Bertz CT molecular complexity index is 770. The van der Waals surface area contributed by atoms with E-state index in [2.05, 4.69) is 16.3 Å². The van der Waals surface area contributed by atoms with Crippen molar-refractivity contribution in [3.63, 3.8) is 0 Å². The zero-order chi connectivity index (χ0) is 22.4. The Morgan fingerprint density at radius 1 is 1.27 bits per heavy atom. The summed E-state index contributed by atoms with van der Waals surface area (Å²) in [5.74, 6) is 2.64. The van der Waals surface area contributed by atoms with Crippen LogP contribution in [-0.4, -0.2) is 67.2 Å². The monoisotopic (exact) mass is 435 g/mol. The van der Waals surface area contributed by atoms with Gasteiger partial charge in [0, 0.05) is 25.1 Å². The van der Waals surface area contributed by atoms with Crippen molar-refractivity contribution in [1.82, 2.24) is 15.1 Å². The third-order valence-electron chi connectivity index (χ3n) is 5.42. The van der Waals surface area contributed by atoms with Crippen LogP contribution >= 0.6 is 8.81 Å². The lowest BCUT2D eigenvalue weighted by atomic mass is 9.94. The number of Topliss-reactive ketones (excluding diaryl/α,β-unsaturated/α-hetero) is 1. The van der Waals surface area contributed by atoms with E-state index in [1.165, 1.54) is 11.8 Å². The molecule has 2 rings (SSSR count). The Labute approximate surface area is 181 Å².